The van der Waals surface area contributed by atoms with Gasteiger partial charge in [-0.3, -0.25) is 14.2 Å². The van der Waals surface area contributed by atoms with Crippen molar-refractivity contribution in [3.05, 3.63) is 68.9 Å². The van der Waals surface area contributed by atoms with Crippen LogP contribution in [-0.4, -0.2) is 57.3 Å². The van der Waals surface area contributed by atoms with Crippen molar-refractivity contribution in [2.24, 2.45) is 0 Å². The summed E-state index contributed by atoms with van der Waals surface area (Å²) >= 11 is 6.87. The van der Waals surface area contributed by atoms with Crippen molar-refractivity contribution in [3.63, 3.8) is 0 Å². The highest BCUT2D eigenvalue weighted by atomic mass is 32.1. The summed E-state index contributed by atoms with van der Waals surface area (Å²) in [4.78, 5) is 34.1. The van der Waals surface area contributed by atoms with Crippen molar-refractivity contribution in [2.45, 2.75) is 6.92 Å². The number of aromatic amines is 1. The van der Waals surface area contributed by atoms with E-state index >= 15 is 0 Å². The number of imidazole rings is 1. The Morgan fingerprint density at radius 1 is 0.964 bits per heavy atom. The molecule has 1 N–H and O–H groups in total. The number of nitrogens with zero attached hydrogens (tertiary/aromatic N) is 3. The van der Waals surface area contributed by atoms with Gasteiger partial charge in [0.15, 0.2) is 4.77 Å². The third kappa shape index (κ3) is 3.53. The molecule has 0 aliphatic carbocycles. The van der Waals surface area contributed by atoms with E-state index in [1.54, 1.807) is 15.7 Å². The van der Waals surface area contributed by atoms with Gasteiger partial charge >= 0.3 is 0 Å². The third-order valence-electron chi connectivity index (χ3n) is 4.82. The van der Waals surface area contributed by atoms with E-state index in [1.165, 1.54) is 11.3 Å². The summed E-state index contributed by atoms with van der Waals surface area (Å²) < 4.78 is 2.24. The average molecular weight is 413 g/mol. The molecule has 0 unspecified atom stereocenters. The summed E-state index contributed by atoms with van der Waals surface area (Å²) in [6, 6.07) is 13.4. The Morgan fingerprint density at radius 2 is 1.61 bits per heavy atom. The number of benzene rings is 1. The van der Waals surface area contributed by atoms with Crippen LogP contribution in [0.15, 0.2) is 48.7 Å². The molecule has 0 saturated carbocycles. The lowest BCUT2D eigenvalue weighted by Gasteiger charge is -2.34. The summed E-state index contributed by atoms with van der Waals surface area (Å²) in [6.07, 6.45) is 1.66. The zero-order chi connectivity index (χ0) is 19.7. The normalized spacial score (nSPS) is 14.3. The van der Waals surface area contributed by atoms with E-state index in [0.29, 0.717) is 36.6 Å². The molecular formula is C20H20N4O2S2. The Bertz CT molecular complexity index is 1060. The molecule has 2 amide bonds. The highest BCUT2D eigenvalue weighted by Gasteiger charge is 2.28. The first-order chi connectivity index (χ1) is 13.5. The molecule has 1 aliphatic rings. The highest BCUT2D eigenvalue weighted by molar-refractivity contribution is 7.71. The van der Waals surface area contributed by atoms with E-state index in [-0.39, 0.29) is 11.8 Å². The van der Waals surface area contributed by atoms with Crippen LogP contribution in [0.1, 0.15) is 25.0 Å². The molecule has 3 aromatic rings. The number of aromatic nitrogens is 2. The van der Waals surface area contributed by atoms with Crippen LogP contribution < -0.4 is 0 Å². The Labute approximate surface area is 172 Å². The minimum Gasteiger partial charge on any atom is -0.336 e. The van der Waals surface area contributed by atoms with Crippen molar-refractivity contribution < 1.29 is 9.59 Å². The van der Waals surface area contributed by atoms with Gasteiger partial charge in [0.05, 0.1) is 4.88 Å². The Morgan fingerprint density at radius 3 is 2.21 bits per heavy atom. The number of carbonyl (C=O) groups excluding carboxylic acids is 2. The average Bonchev–Trinajstić information content (AvgIpc) is 3.33. The minimum absolute atomic E-state index is 0.0408. The molecule has 1 fully saturated rings. The topological polar surface area (TPSA) is 61.3 Å². The summed E-state index contributed by atoms with van der Waals surface area (Å²) in [5.41, 5.74) is 1.35. The van der Waals surface area contributed by atoms with Crippen LogP contribution in [0.25, 0.3) is 5.69 Å². The van der Waals surface area contributed by atoms with Crippen LogP contribution in [0, 0.1) is 11.7 Å². The summed E-state index contributed by atoms with van der Waals surface area (Å²) in [5.74, 6) is -0.0469. The van der Waals surface area contributed by atoms with Crippen LogP contribution in [-0.2, 0) is 0 Å². The largest absolute Gasteiger partial charge is 0.336 e. The molecule has 144 valence electrons. The van der Waals surface area contributed by atoms with Gasteiger partial charge in [0.2, 0.25) is 0 Å². The van der Waals surface area contributed by atoms with Crippen LogP contribution in [0.2, 0.25) is 0 Å². The molecule has 1 saturated heterocycles. The number of aryl methyl sites for hydroxylation is 1. The summed E-state index contributed by atoms with van der Waals surface area (Å²) in [7, 11) is 0. The molecule has 1 aliphatic heterocycles. The van der Waals surface area contributed by atoms with Crippen molar-refractivity contribution >= 4 is 35.4 Å². The quantitative estimate of drug-likeness (QED) is 0.670. The second-order valence-corrected chi connectivity index (χ2v) is 8.32. The number of hydrogen-bond donors (Lipinski definition) is 1. The van der Waals surface area contributed by atoms with Crippen LogP contribution in [0.4, 0.5) is 0 Å². The van der Waals surface area contributed by atoms with Gasteiger partial charge in [0.25, 0.3) is 11.8 Å². The molecule has 0 radical (unpaired) electrons. The van der Waals surface area contributed by atoms with Crippen LogP contribution in [0.5, 0.6) is 0 Å². The predicted octanol–water partition coefficient (Wildman–Crippen LogP) is 3.50. The van der Waals surface area contributed by atoms with Gasteiger partial charge in [-0.05, 0) is 43.4 Å². The standard InChI is InChI=1S/C20H20N4O2S2/c1-14-7-8-17(28-14)19(26)23-11-9-22(10-12-23)18(25)16-13-21-20(27)24(16)15-5-3-2-4-6-15/h2-8,13H,9-12H2,1H3,(H,21,27). The maximum absolute atomic E-state index is 13.1. The zero-order valence-corrected chi connectivity index (χ0v) is 17.1. The molecular weight excluding hydrogens is 392 g/mol. The van der Waals surface area contributed by atoms with Gasteiger partial charge in [-0.2, -0.15) is 0 Å². The monoisotopic (exact) mass is 412 g/mol. The number of para-hydroxylation sites is 1. The maximum Gasteiger partial charge on any atom is 0.272 e. The number of piperazine rings is 1. The fourth-order valence-electron chi connectivity index (χ4n) is 3.34. The number of amides is 2. The fourth-order valence-corrected chi connectivity index (χ4v) is 4.44. The van der Waals surface area contributed by atoms with E-state index < -0.39 is 0 Å². The number of rotatable bonds is 3. The lowest BCUT2D eigenvalue weighted by atomic mass is 10.2. The van der Waals surface area contributed by atoms with Gasteiger partial charge in [-0.25, -0.2) is 0 Å². The van der Waals surface area contributed by atoms with Crippen LogP contribution >= 0.6 is 23.6 Å². The third-order valence-corrected chi connectivity index (χ3v) is 6.10. The number of nitrogens with one attached hydrogen (secondary N) is 1. The van der Waals surface area contributed by atoms with Gasteiger partial charge in [0, 0.05) is 42.9 Å². The zero-order valence-electron chi connectivity index (χ0n) is 15.4. The van der Waals surface area contributed by atoms with E-state index in [4.69, 9.17) is 12.2 Å². The van der Waals surface area contributed by atoms with Crippen molar-refractivity contribution in [2.75, 3.05) is 26.2 Å². The number of thiophene rings is 1. The molecule has 0 atom stereocenters. The smallest absolute Gasteiger partial charge is 0.272 e. The Kier molecular flexibility index (Phi) is 5.15. The van der Waals surface area contributed by atoms with E-state index in [2.05, 4.69) is 4.98 Å². The van der Waals surface area contributed by atoms with Crippen molar-refractivity contribution in [1.82, 2.24) is 19.4 Å². The molecule has 6 nitrogen and oxygen atoms in total. The first-order valence-corrected chi connectivity index (χ1v) is 10.3. The van der Waals surface area contributed by atoms with Gasteiger partial charge in [0.1, 0.15) is 5.69 Å². The first-order valence-electron chi connectivity index (χ1n) is 9.05. The molecule has 3 heterocycles. The second-order valence-electron chi connectivity index (χ2n) is 6.64. The minimum atomic E-state index is -0.0877. The van der Waals surface area contributed by atoms with Crippen molar-refractivity contribution in [3.8, 4) is 5.69 Å². The Balaban J connectivity index is 1.48. The van der Waals surface area contributed by atoms with E-state index in [0.717, 1.165) is 15.4 Å². The lowest BCUT2D eigenvalue weighted by molar-refractivity contribution is 0.0533. The number of hydrogen-bond acceptors (Lipinski definition) is 4. The molecule has 1 aromatic carbocycles. The van der Waals surface area contributed by atoms with Crippen molar-refractivity contribution in [1.29, 1.82) is 0 Å². The van der Waals surface area contributed by atoms with E-state index in [9.17, 15) is 9.59 Å². The lowest BCUT2D eigenvalue weighted by Crippen LogP contribution is -2.50. The number of carbonyl (C=O) groups is 2. The fraction of sp³-hybridized carbons (Fsp3) is 0.250. The molecule has 28 heavy (non-hydrogen) atoms. The number of H-pyrrole nitrogens is 1. The highest BCUT2D eigenvalue weighted by Crippen LogP contribution is 2.19. The molecule has 0 spiro atoms. The van der Waals surface area contributed by atoms with Gasteiger partial charge < -0.3 is 14.8 Å². The molecule has 2 aromatic heterocycles. The molecule has 4 rings (SSSR count). The summed E-state index contributed by atoms with van der Waals surface area (Å²) in [6.45, 7) is 4.05. The first kappa shape index (κ1) is 18.6. The van der Waals surface area contributed by atoms with E-state index in [1.807, 2.05) is 54.3 Å². The van der Waals surface area contributed by atoms with Gasteiger partial charge in [-0.15, -0.1) is 11.3 Å². The molecule has 0 bridgehead atoms. The Hall–Kier alpha value is -2.71. The predicted molar refractivity (Wildman–Crippen MR) is 112 cm³/mol. The second kappa shape index (κ2) is 7.73. The van der Waals surface area contributed by atoms with Crippen LogP contribution in [0.3, 0.4) is 0 Å². The van der Waals surface area contributed by atoms with Gasteiger partial charge in [-0.1, -0.05) is 18.2 Å². The maximum atomic E-state index is 13.1. The molecule has 8 heteroatoms. The SMILES string of the molecule is Cc1ccc(C(=O)N2CCN(C(=O)c3c[nH]c(=S)n3-c3ccccc3)CC2)s1. The summed E-state index contributed by atoms with van der Waals surface area (Å²) in [5, 5.41) is 0.